The molecule has 0 spiro atoms. The SMILES string of the molecule is Cc1nc(NC2CCC2)nc(NC2C[C@H](CS(C)(=O)=O)[C@@H](OCc3ccccc3)[C@@]2(C)O)c1-c1nc2c(C)nccc2s1. The number of pyridine rings is 1. The molecular weight excluding hydrogens is 585 g/mol. The maximum Gasteiger partial charge on any atom is 0.225 e. The van der Waals surface area contributed by atoms with Crippen LogP contribution in [0.25, 0.3) is 20.8 Å². The summed E-state index contributed by atoms with van der Waals surface area (Å²) in [5.41, 5.74) is 2.75. The van der Waals surface area contributed by atoms with Crippen molar-refractivity contribution in [1.82, 2.24) is 19.9 Å². The van der Waals surface area contributed by atoms with Gasteiger partial charge in [-0.25, -0.2) is 18.4 Å². The van der Waals surface area contributed by atoms with E-state index in [4.69, 9.17) is 19.7 Å². The van der Waals surface area contributed by atoms with Crippen LogP contribution in [-0.2, 0) is 21.2 Å². The number of nitrogens with one attached hydrogen (secondary N) is 2. The second-order valence-corrected chi connectivity index (χ2v) is 15.3. The summed E-state index contributed by atoms with van der Waals surface area (Å²) in [6, 6.07) is 11.4. The van der Waals surface area contributed by atoms with Crippen molar-refractivity contribution in [2.24, 2.45) is 5.92 Å². The van der Waals surface area contributed by atoms with E-state index in [0.717, 1.165) is 50.6 Å². The Kier molecular flexibility index (Phi) is 8.14. The van der Waals surface area contributed by atoms with Gasteiger partial charge in [-0.3, -0.25) is 4.98 Å². The molecule has 3 N–H and O–H groups in total. The number of aliphatic hydroxyl groups is 1. The molecular formula is C31H38N6O4S2. The monoisotopic (exact) mass is 622 g/mol. The summed E-state index contributed by atoms with van der Waals surface area (Å²) in [5.74, 6) is 0.566. The number of sulfone groups is 1. The minimum Gasteiger partial charge on any atom is -0.385 e. The highest BCUT2D eigenvalue weighted by atomic mass is 32.2. The fourth-order valence-electron chi connectivity index (χ4n) is 6.14. The van der Waals surface area contributed by atoms with Crippen molar-refractivity contribution in [1.29, 1.82) is 0 Å². The van der Waals surface area contributed by atoms with Gasteiger partial charge in [0.05, 0.1) is 46.2 Å². The molecule has 4 atom stereocenters. The van der Waals surface area contributed by atoms with Crippen LogP contribution in [0.4, 0.5) is 11.8 Å². The summed E-state index contributed by atoms with van der Waals surface area (Å²) in [7, 11) is -3.33. The fraction of sp³-hybridized carbons (Fsp3) is 0.484. The first-order valence-corrected chi connectivity index (χ1v) is 17.6. The van der Waals surface area contributed by atoms with E-state index in [0.29, 0.717) is 24.2 Å². The zero-order valence-corrected chi connectivity index (χ0v) is 26.5. The number of ether oxygens (including phenoxy) is 1. The molecule has 1 aromatic carbocycles. The van der Waals surface area contributed by atoms with Gasteiger partial charge in [0.2, 0.25) is 5.95 Å². The van der Waals surface area contributed by atoms with Crippen molar-refractivity contribution >= 4 is 43.2 Å². The third kappa shape index (κ3) is 6.38. The molecule has 43 heavy (non-hydrogen) atoms. The molecule has 12 heteroatoms. The Morgan fingerprint density at radius 3 is 2.51 bits per heavy atom. The third-order valence-corrected chi connectivity index (χ3v) is 10.7. The smallest absolute Gasteiger partial charge is 0.225 e. The van der Waals surface area contributed by atoms with Gasteiger partial charge in [-0.15, -0.1) is 11.3 Å². The van der Waals surface area contributed by atoms with Gasteiger partial charge in [0.1, 0.15) is 31.8 Å². The Hall–Kier alpha value is -3.19. The van der Waals surface area contributed by atoms with Crippen LogP contribution in [0, 0.1) is 19.8 Å². The third-order valence-electron chi connectivity index (χ3n) is 8.58. The summed E-state index contributed by atoms with van der Waals surface area (Å²) in [4.78, 5) is 19.0. The molecule has 2 saturated carbocycles. The quantitative estimate of drug-likeness (QED) is 0.224. The first-order chi connectivity index (χ1) is 20.5. The lowest BCUT2D eigenvalue weighted by Crippen LogP contribution is -2.49. The summed E-state index contributed by atoms with van der Waals surface area (Å²) in [6.45, 7) is 5.86. The number of thiazole rings is 1. The normalized spacial score (nSPS) is 24.3. The highest BCUT2D eigenvalue weighted by molar-refractivity contribution is 7.90. The molecule has 10 nitrogen and oxygen atoms in total. The molecule has 0 bridgehead atoms. The molecule has 0 saturated heterocycles. The van der Waals surface area contributed by atoms with E-state index in [-0.39, 0.29) is 12.4 Å². The van der Waals surface area contributed by atoms with Crippen molar-refractivity contribution in [2.45, 2.75) is 76.9 Å². The predicted molar refractivity (Wildman–Crippen MR) is 170 cm³/mol. The lowest BCUT2D eigenvalue weighted by Gasteiger charge is -2.33. The van der Waals surface area contributed by atoms with E-state index in [1.165, 1.54) is 12.7 Å². The van der Waals surface area contributed by atoms with Crippen LogP contribution in [0.2, 0.25) is 0 Å². The van der Waals surface area contributed by atoms with E-state index < -0.39 is 33.5 Å². The summed E-state index contributed by atoms with van der Waals surface area (Å²) in [5, 5.41) is 19.7. The average molecular weight is 623 g/mol. The number of hydrogen-bond acceptors (Lipinski definition) is 11. The van der Waals surface area contributed by atoms with Crippen LogP contribution in [0.15, 0.2) is 42.6 Å². The van der Waals surface area contributed by atoms with Gasteiger partial charge in [0, 0.05) is 24.4 Å². The number of anilines is 2. The molecule has 6 rings (SSSR count). The van der Waals surface area contributed by atoms with E-state index in [1.54, 1.807) is 24.5 Å². The lowest BCUT2D eigenvalue weighted by molar-refractivity contribution is -0.102. The molecule has 2 aliphatic rings. The van der Waals surface area contributed by atoms with Gasteiger partial charge in [-0.2, -0.15) is 4.98 Å². The number of fused-ring (bicyclic) bond motifs is 1. The molecule has 1 unspecified atom stereocenters. The number of aryl methyl sites for hydroxylation is 2. The molecule has 228 valence electrons. The molecule has 3 aromatic heterocycles. The van der Waals surface area contributed by atoms with Crippen molar-refractivity contribution in [3.8, 4) is 10.6 Å². The topological polar surface area (TPSA) is 139 Å². The Labute approximate surface area is 256 Å². The van der Waals surface area contributed by atoms with Crippen LogP contribution >= 0.6 is 11.3 Å². The number of rotatable bonds is 10. The lowest BCUT2D eigenvalue weighted by atomic mass is 9.93. The molecule has 2 fully saturated rings. The van der Waals surface area contributed by atoms with Gasteiger partial charge in [-0.05, 0) is 58.1 Å². The Morgan fingerprint density at radius 2 is 1.84 bits per heavy atom. The number of hydrogen-bond donors (Lipinski definition) is 3. The fourth-order valence-corrected chi connectivity index (χ4v) is 8.34. The van der Waals surface area contributed by atoms with E-state index in [2.05, 4.69) is 15.6 Å². The zero-order valence-electron chi connectivity index (χ0n) is 24.9. The van der Waals surface area contributed by atoms with Gasteiger partial charge >= 0.3 is 0 Å². The Bertz CT molecular complexity index is 1720. The minimum atomic E-state index is -3.33. The molecule has 0 radical (unpaired) electrons. The van der Waals surface area contributed by atoms with E-state index >= 15 is 0 Å². The largest absolute Gasteiger partial charge is 0.385 e. The van der Waals surface area contributed by atoms with Gasteiger partial charge in [0.15, 0.2) is 0 Å². The second kappa shape index (κ2) is 11.7. The van der Waals surface area contributed by atoms with Crippen LogP contribution in [0.3, 0.4) is 0 Å². The second-order valence-electron chi connectivity index (χ2n) is 12.1. The van der Waals surface area contributed by atoms with Crippen LogP contribution in [0.1, 0.15) is 49.6 Å². The first kappa shape index (κ1) is 29.9. The van der Waals surface area contributed by atoms with E-state index in [1.807, 2.05) is 50.2 Å². The van der Waals surface area contributed by atoms with Crippen LogP contribution in [0.5, 0.6) is 0 Å². The van der Waals surface area contributed by atoms with Gasteiger partial charge < -0.3 is 20.5 Å². The van der Waals surface area contributed by atoms with Crippen molar-refractivity contribution < 1.29 is 18.3 Å². The summed E-state index contributed by atoms with van der Waals surface area (Å²) < 4.78 is 32.2. The standard InChI is InChI=1S/C31H38N6O4S2/c1-18-25(29-36-26-19(2)32-14-13-23(26)42-29)28(37-30(33-18)34-22-11-8-12-22)35-24-15-21(17-43(4,39)40)27(31(24,3)38)41-16-20-9-6-5-7-10-20/h5-7,9-10,13-14,21-22,24,27,38H,8,11-12,15-17H2,1-4H3,(H2,33,34,35,37)/t21-,24?,27-,31+/m1/s1. The number of aromatic nitrogens is 4. The summed E-state index contributed by atoms with van der Waals surface area (Å²) in [6.07, 6.45) is 6.00. The maximum atomic E-state index is 12.5. The Morgan fingerprint density at radius 1 is 1.07 bits per heavy atom. The molecule has 0 amide bonds. The molecule has 4 aromatic rings. The maximum absolute atomic E-state index is 12.5. The van der Waals surface area contributed by atoms with Crippen molar-refractivity contribution in [2.75, 3.05) is 22.6 Å². The number of benzene rings is 1. The van der Waals surface area contributed by atoms with Crippen LogP contribution in [-0.4, -0.2) is 69.3 Å². The number of nitrogens with zero attached hydrogens (tertiary/aromatic N) is 4. The highest BCUT2D eigenvalue weighted by Crippen LogP contribution is 2.43. The van der Waals surface area contributed by atoms with Crippen LogP contribution < -0.4 is 10.6 Å². The molecule has 2 aliphatic carbocycles. The molecule has 3 heterocycles. The van der Waals surface area contributed by atoms with Crippen molar-refractivity contribution in [3.05, 3.63) is 59.5 Å². The van der Waals surface area contributed by atoms with Crippen molar-refractivity contribution in [3.63, 3.8) is 0 Å². The zero-order chi connectivity index (χ0) is 30.4. The highest BCUT2D eigenvalue weighted by Gasteiger charge is 2.53. The summed E-state index contributed by atoms with van der Waals surface area (Å²) >= 11 is 1.54. The molecule has 0 aliphatic heterocycles. The van der Waals surface area contributed by atoms with Gasteiger partial charge in [0.25, 0.3) is 0 Å². The van der Waals surface area contributed by atoms with Gasteiger partial charge in [-0.1, -0.05) is 30.3 Å². The Balaban J connectivity index is 1.37. The van der Waals surface area contributed by atoms with E-state index in [9.17, 15) is 13.5 Å². The minimum absolute atomic E-state index is 0.0882. The predicted octanol–water partition coefficient (Wildman–Crippen LogP) is 4.91. The average Bonchev–Trinajstić information content (AvgIpc) is 3.43. The first-order valence-electron chi connectivity index (χ1n) is 14.7.